The standard InChI is InChI=1S/C9H8O2S/c1-11-9(10)6-2-4-8-5-3-7-12-8/h3,5,7H,6H2,1H3. The number of rotatable bonds is 1. The molecule has 0 bridgehead atoms. The highest BCUT2D eigenvalue weighted by molar-refractivity contribution is 7.10. The monoisotopic (exact) mass is 180 g/mol. The molecule has 0 fully saturated rings. The SMILES string of the molecule is COC(=O)CC#Cc1cccs1. The van der Waals surface area contributed by atoms with Gasteiger partial charge in [0.2, 0.25) is 0 Å². The van der Waals surface area contributed by atoms with E-state index in [0.717, 1.165) is 4.88 Å². The summed E-state index contributed by atoms with van der Waals surface area (Å²) < 4.78 is 4.43. The lowest BCUT2D eigenvalue weighted by atomic mass is 10.4. The van der Waals surface area contributed by atoms with Gasteiger partial charge in [-0.1, -0.05) is 17.9 Å². The number of thiophene rings is 1. The summed E-state index contributed by atoms with van der Waals surface area (Å²) in [5, 5.41) is 1.95. The Morgan fingerprint density at radius 3 is 3.17 bits per heavy atom. The van der Waals surface area contributed by atoms with E-state index in [0.29, 0.717) is 0 Å². The Balaban J connectivity index is 2.45. The van der Waals surface area contributed by atoms with E-state index in [-0.39, 0.29) is 12.4 Å². The number of hydrogen-bond acceptors (Lipinski definition) is 3. The highest BCUT2D eigenvalue weighted by Crippen LogP contribution is 2.05. The lowest BCUT2D eigenvalue weighted by molar-refractivity contribution is -0.139. The van der Waals surface area contributed by atoms with Crippen LogP contribution in [0, 0.1) is 11.8 Å². The molecule has 1 rings (SSSR count). The number of carbonyl (C=O) groups excluding carboxylic acids is 1. The first-order valence-electron chi connectivity index (χ1n) is 3.42. The van der Waals surface area contributed by atoms with E-state index in [4.69, 9.17) is 0 Å². The molecule has 0 radical (unpaired) electrons. The van der Waals surface area contributed by atoms with Crippen molar-refractivity contribution in [3.05, 3.63) is 22.4 Å². The average molecular weight is 180 g/mol. The number of methoxy groups -OCH3 is 1. The predicted molar refractivity (Wildman–Crippen MR) is 47.8 cm³/mol. The second-order valence-corrected chi connectivity index (χ2v) is 2.98. The van der Waals surface area contributed by atoms with Crippen molar-refractivity contribution in [1.82, 2.24) is 0 Å². The molecule has 62 valence electrons. The van der Waals surface area contributed by atoms with Crippen LogP contribution < -0.4 is 0 Å². The molecule has 0 spiro atoms. The van der Waals surface area contributed by atoms with Crippen molar-refractivity contribution in [3.8, 4) is 11.8 Å². The minimum Gasteiger partial charge on any atom is -0.468 e. The van der Waals surface area contributed by atoms with E-state index in [9.17, 15) is 4.79 Å². The summed E-state index contributed by atoms with van der Waals surface area (Å²) in [5.41, 5.74) is 0. The van der Waals surface area contributed by atoms with Gasteiger partial charge in [0.1, 0.15) is 6.42 Å². The summed E-state index contributed by atoms with van der Waals surface area (Å²) in [7, 11) is 1.36. The summed E-state index contributed by atoms with van der Waals surface area (Å²) >= 11 is 1.56. The second-order valence-electron chi connectivity index (χ2n) is 2.03. The Hall–Kier alpha value is -1.27. The second kappa shape index (κ2) is 4.58. The van der Waals surface area contributed by atoms with Crippen LogP contribution in [0.2, 0.25) is 0 Å². The first kappa shape index (κ1) is 8.82. The summed E-state index contributed by atoms with van der Waals surface area (Å²) in [6, 6.07) is 3.84. The molecule has 1 aromatic heterocycles. The molecule has 1 heterocycles. The summed E-state index contributed by atoms with van der Waals surface area (Å²) in [5.74, 6) is 5.29. The third kappa shape index (κ3) is 2.77. The first-order valence-corrected chi connectivity index (χ1v) is 4.30. The predicted octanol–water partition coefficient (Wildman–Crippen LogP) is 1.66. The van der Waals surface area contributed by atoms with Crippen LogP contribution in [0.4, 0.5) is 0 Å². The van der Waals surface area contributed by atoms with Gasteiger partial charge >= 0.3 is 5.97 Å². The molecule has 0 aromatic carbocycles. The third-order valence-electron chi connectivity index (χ3n) is 1.19. The molecule has 3 heteroatoms. The van der Waals surface area contributed by atoms with Gasteiger partial charge < -0.3 is 4.74 Å². The Bertz CT molecular complexity index is 303. The van der Waals surface area contributed by atoms with Gasteiger partial charge in [-0.15, -0.1) is 11.3 Å². The van der Waals surface area contributed by atoms with Crippen molar-refractivity contribution in [2.45, 2.75) is 6.42 Å². The largest absolute Gasteiger partial charge is 0.468 e. The third-order valence-corrected chi connectivity index (χ3v) is 1.98. The van der Waals surface area contributed by atoms with Gasteiger partial charge in [0.25, 0.3) is 0 Å². The molecule has 0 aliphatic carbocycles. The fraction of sp³-hybridized carbons (Fsp3) is 0.222. The van der Waals surface area contributed by atoms with E-state index in [1.807, 2.05) is 17.5 Å². The van der Waals surface area contributed by atoms with Gasteiger partial charge in [-0.2, -0.15) is 0 Å². The van der Waals surface area contributed by atoms with E-state index >= 15 is 0 Å². The Labute approximate surface area is 75.2 Å². The molecule has 1 aromatic rings. The van der Waals surface area contributed by atoms with E-state index in [1.54, 1.807) is 11.3 Å². The summed E-state index contributed by atoms with van der Waals surface area (Å²) in [4.78, 5) is 11.6. The molecule has 0 aliphatic heterocycles. The maximum absolute atomic E-state index is 10.6. The smallest absolute Gasteiger partial charge is 0.317 e. The van der Waals surface area contributed by atoms with Crippen LogP contribution >= 0.6 is 11.3 Å². The maximum atomic E-state index is 10.6. The lowest BCUT2D eigenvalue weighted by Gasteiger charge is -1.88. The quantitative estimate of drug-likeness (QED) is 0.485. The van der Waals surface area contributed by atoms with Crippen molar-refractivity contribution in [3.63, 3.8) is 0 Å². The van der Waals surface area contributed by atoms with Crippen LogP contribution in [0.5, 0.6) is 0 Å². The van der Waals surface area contributed by atoms with Crippen molar-refractivity contribution >= 4 is 17.3 Å². The highest BCUT2D eigenvalue weighted by atomic mass is 32.1. The van der Waals surface area contributed by atoms with Crippen LogP contribution in [0.15, 0.2) is 17.5 Å². The molecular formula is C9H8O2S. The lowest BCUT2D eigenvalue weighted by Crippen LogP contribution is -1.96. The molecule has 0 saturated heterocycles. The molecule has 0 saturated carbocycles. The molecule has 0 N–H and O–H groups in total. The zero-order valence-corrected chi connectivity index (χ0v) is 7.48. The van der Waals surface area contributed by atoms with Gasteiger partial charge in [0, 0.05) is 0 Å². The van der Waals surface area contributed by atoms with Gasteiger partial charge in [-0.25, -0.2) is 0 Å². The van der Waals surface area contributed by atoms with Crippen LogP contribution in [-0.2, 0) is 9.53 Å². The molecule has 2 nitrogen and oxygen atoms in total. The van der Waals surface area contributed by atoms with Gasteiger partial charge in [0.15, 0.2) is 0 Å². The molecule has 0 amide bonds. The van der Waals surface area contributed by atoms with Crippen LogP contribution in [-0.4, -0.2) is 13.1 Å². The van der Waals surface area contributed by atoms with E-state index < -0.39 is 0 Å². The highest BCUT2D eigenvalue weighted by Gasteiger charge is 1.93. The van der Waals surface area contributed by atoms with Crippen molar-refractivity contribution in [1.29, 1.82) is 0 Å². The van der Waals surface area contributed by atoms with Crippen LogP contribution in [0.1, 0.15) is 11.3 Å². The number of hydrogen-bond donors (Lipinski definition) is 0. The van der Waals surface area contributed by atoms with Crippen molar-refractivity contribution in [2.24, 2.45) is 0 Å². The Morgan fingerprint density at radius 2 is 2.58 bits per heavy atom. The Kier molecular flexibility index (Phi) is 3.36. The zero-order valence-electron chi connectivity index (χ0n) is 6.66. The van der Waals surface area contributed by atoms with Crippen molar-refractivity contribution in [2.75, 3.05) is 7.11 Å². The molecule has 0 unspecified atom stereocenters. The molecule has 0 aliphatic rings. The van der Waals surface area contributed by atoms with Crippen LogP contribution in [0.25, 0.3) is 0 Å². The van der Waals surface area contributed by atoms with Crippen LogP contribution in [0.3, 0.4) is 0 Å². The Morgan fingerprint density at radius 1 is 1.75 bits per heavy atom. The van der Waals surface area contributed by atoms with Crippen molar-refractivity contribution < 1.29 is 9.53 Å². The van der Waals surface area contributed by atoms with Gasteiger partial charge in [-0.3, -0.25) is 4.79 Å². The first-order chi connectivity index (χ1) is 5.83. The zero-order chi connectivity index (χ0) is 8.81. The normalized spacial score (nSPS) is 8.42. The molecule has 0 atom stereocenters. The average Bonchev–Trinajstić information content (AvgIpc) is 2.57. The number of carbonyl (C=O) groups is 1. The minimum atomic E-state index is -0.293. The molecule has 12 heavy (non-hydrogen) atoms. The summed E-state index contributed by atoms with van der Waals surface area (Å²) in [6.45, 7) is 0. The fourth-order valence-corrected chi connectivity index (χ4v) is 1.22. The number of ether oxygens (including phenoxy) is 1. The van der Waals surface area contributed by atoms with Gasteiger partial charge in [0.05, 0.1) is 12.0 Å². The van der Waals surface area contributed by atoms with Gasteiger partial charge in [-0.05, 0) is 11.4 Å². The summed E-state index contributed by atoms with van der Waals surface area (Å²) in [6.07, 6.45) is 0.161. The van der Waals surface area contributed by atoms with E-state index in [2.05, 4.69) is 16.6 Å². The van der Waals surface area contributed by atoms with E-state index in [1.165, 1.54) is 7.11 Å². The minimum absolute atomic E-state index is 0.161. The maximum Gasteiger partial charge on any atom is 0.317 e. The topological polar surface area (TPSA) is 26.3 Å². The fourth-order valence-electron chi connectivity index (χ4n) is 0.625. The molecular weight excluding hydrogens is 172 g/mol. The number of esters is 1.